The topological polar surface area (TPSA) is 55.4 Å². The number of nitrogens with one attached hydrogen (secondary N) is 1. The molecular formula is C18H22ClNO3. The van der Waals surface area contributed by atoms with Crippen LogP contribution in [0.4, 0.5) is 0 Å². The maximum atomic E-state index is 12.3. The number of hydrogen-bond donors (Lipinski definition) is 1. The summed E-state index contributed by atoms with van der Waals surface area (Å²) in [6.45, 7) is 0.871. The molecule has 0 aliphatic heterocycles. The molecule has 1 amide bonds. The van der Waals surface area contributed by atoms with Gasteiger partial charge in [0.2, 0.25) is 5.91 Å². The molecule has 0 radical (unpaired) electrons. The van der Waals surface area contributed by atoms with E-state index in [1.807, 2.05) is 12.1 Å². The quantitative estimate of drug-likeness (QED) is 0.840. The lowest BCUT2D eigenvalue weighted by atomic mass is 9.67. The van der Waals surface area contributed by atoms with Gasteiger partial charge in [0.25, 0.3) is 0 Å². The smallest absolute Gasteiger partial charge is 0.223 e. The fourth-order valence-electron chi connectivity index (χ4n) is 3.74. The van der Waals surface area contributed by atoms with Crippen LogP contribution in [0.3, 0.4) is 0 Å². The first kappa shape index (κ1) is 16.3. The van der Waals surface area contributed by atoms with E-state index in [1.54, 1.807) is 12.1 Å². The van der Waals surface area contributed by atoms with Gasteiger partial charge in [0.15, 0.2) is 0 Å². The number of benzene rings is 1. The summed E-state index contributed by atoms with van der Waals surface area (Å²) < 4.78 is 5.56. The van der Waals surface area contributed by atoms with E-state index in [2.05, 4.69) is 5.32 Å². The second-order valence-corrected chi connectivity index (χ2v) is 6.93. The molecule has 2 aliphatic rings. The lowest BCUT2D eigenvalue weighted by Crippen LogP contribution is -2.43. The zero-order valence-electron chi connectivity index (χ0n) is 13.1. The van der Waals surface area contributed by atoms with Crippen LogP contribution in [-0.2, 0) is 9.59 Å². The van der Waals surface area contributed by atoms with E-state index in [9.17, 15) is 9.59 Å². The van der Waals surface area contributed by atoms with Crippen LogP contribution in [0.15, 0.2) is 24.3 Å². The van der Waals surface area contributed by atoms with E-state index in [1.165, 1.54) is 0 Å². The van der Waals surface area contributed by atoms with Crippen LogP contribution in [0.5, 0.6) is 5.75 Å². The van der Waals surface area contributed by atoms with E-state index in [4.69, 9.17) is 16.3 Å². The number of hydrogen-bond acceptors (Lipinski definition) is 3. The van der Waals surface area contributed by atoms with Crippen molar-refractivity contribution in [1.82, 2.24) is 5.32 Å². The lowest BCUT2D eigenvalue weighted by molar-refractivity contribution is -0.137. The molecule has 0 heterocycles. The molecule has 5 heteroatoms. The number of carbonyl (C=O) groups is 2. The molecule has 2 saturated carbocycles. The lowest BCUT2D eigenvalue weighted by Gasteiger charge is -2.36. The minimum atomic E-state index is -0.0193. The van der Waals surface area contributed by atoms with Crippen molar-refractivity contribution in [2.24, 2.45) is 17.8 Å². The van der Waals surface area contributed by atoms with Gasteiger partial charge < -0.3 is 10.1 Å². The summed E-state index contributed by atoms with van der Waals surface area (Å²) in [4.78, 5) is 24.4. The second kappa shape index (κ2) is 7.35. The second-order valence-electron chi connectivity index (χ2n) is 6.49. The minimum Gasteiger partial charge on any atom is -0.492 e. The molecule has 0 aromatic heterocycles. The largest absolute Gasteiger partial charge is 0.492 e. The Balaban J connectivity index is 1.42. The first-order chi connectivity index (χ1) is 11.1. The van der Waals surface area contributed by atoms with Crippen molar-refractivity contribution in [2.75, 3.05) is 13.2 Å². The minimum absolute atomic E-state index is 0.0193. The average molecular weight is 336 g/mol. The van der Waals surface area contributed by atoms with E-state index < -0.39 is 0 Å². The molecule has 0 saturated heterocycles. The summed E-state index contributed by atoms with van der Waals surface area (Å²) >= 11 is 5.89. The van der Waals surface area contributed by atoms with Crippen LogP contribution in [0.1, 0.15) is 32.1 Å². The Labute approximate surface area is 141 Å². The normalized spacial score (nSPS) is 26.7. The van der Waals surface area contributed by atoms with E-state index in [-0.39, 0.29) is 23.7 Å². The number of fused-ring (bicyclic) bond motifs is 2. The molecule has 124 valence electrons. The van der Waals surface area contributed by atoms with Crippen LogP contribution in [-0.4, -0.2) is 24.8 Å². The van der Waals surface area contributed by atoms with Crippen LogP contribution < -0.4 is 10.1 Å². The third kappa shape index (κ3) is 4.05. The van der Waals surface area contributed by atoms with Gasteiger partial charge in [-0.05, 0) is 43.9 Å². The number of rotatable bonds is 5. The maximum absolute atomic E-state index is 12.3. The maximum Gasteiger partial charge on any atom is 0.223 e. The Kier molecular flexibility index (Phi) is 5.21. The zero-order valence-corrected chi connectivity index (χ0v) is 13.8. The van der Waals surface area contributed by atoms with Gasteiger partial charge in [-0.15, -0.1) is 0 Å². The SMILES string of the molecule is O=C(NCCOc1cccc(Cl)c1)C1CC2CCCC(C1)C2=O. The third-order valence-electron chi connectivity index (χ3n) is 4.88. The van der Waals surface area contributed by atoms with Crippen molar-refractivity contribution in [3.05, 3.63) is 29.3 Å². The number of carbonyl (C=O) groups excluding carboxylic acids is 2. The molecule has 23 heavy (non-hydrogen) atoms. The molecular weight excluding hydrogens is 314 g/mol. The summed E-state index contributed by atoms with van der Waals surface area (Å²) in [5.74, 6) is 1.36. The van der Waals surface area contributed by atoms with Gasteiger partial charge in [0.1, 0.15) is 18.1 Å². The predicted molar refractivity (Wildman–Crippen MR) is 88.5 cm³/mol. The highest BCUT2D eigenvalue weighted by molar-refractivity contribution is 6.30. The summed E-state index contributed by atoms with van der Waals surface area (Å²) in [5, 5.41) is 3.56. The van der Waals surface area contributed by atoms with Crippen molar-refractivity contribution < 1.29 is 14.3 Å². The summed E-state index contributed by atoms with van der Waals surface area (Å²) in [6, 6.07) is 7.20. The first-order valence-electron chi connectivity index (χ1n) is 8.33. The molecule has 1 aromatic rings. The van der Waals surface area contributed by atoms with Gasteiger partial charge >= 0.3 is 0 Å². The van der Waals surface area contributed by atoms with Gasteiger partial charge in [-0.1, -0.05) is 24.1 Å². The molecule has 3 rings (SSSR count). The Bertz CT molecular complexity index is 573. The van der Waals surface area contributed by atoms with Crippen molar-refractivity contribution in [3.63, 3.8) is 0 Å². The molecule has 1 aromatic carbocycles. The standard InChI is InChI=1S/C18H22ClNO3/c19-15-5-2-6-16(11-15)23-8-7-20-18(22)14-9-12-3-1-4-13(10-14)17(12)21/h2,5-6,11-14H,1,3-4,7-10H2,(H,20,22). The summed E-state index contributed by atoms with van der Waals surface area (Å²) in [6.07, 6.45) is 4.48. The van der Waals surface area contributed by atoms with Crippen molar-refractivity contribution in [1.29, 1.82) is 0 Å². The molecule has 1 N–H and O–H groups in total. The number of halogens is 1. The summed E-state index contributed by atoms with van der Waals surface area (Å²) in [7, 11) is 0. The monoisotopic (exact) mass is 335 g/mol. The number of ketones is 1. The third-order valence-corrected chi connectivity index (χ3v) is 5.12. The molecule has 2 fully saturated rings. The van der Waals surface area contributed by atoms with Gasteiger partial charge in [-0.2, -0.15) is 0 Å². The fraction of sp³-hybridized carbons (Fsp3) is 0.556. The molecule has 4 nitrogen and oxygen atoms in total. The number of amides is 1. The molecule has 0 spiro atoms. The molecule has 2 unspecified atom stereocenters. The van der Waals surface area contributed by atoms with Gasteiger partial charge in [-0.25, -0.2) is 0 Å². The number of Topliss-reactive ketones (excluding diaryl/α,β-unsaturated/α-hetero) is 1. The van der Waals surface area contributed by atoms with Crippen molar-refractivity contribution in [2.45, 2.75) is 32.1 Å². The Morgan fingerprint density at radius 2 is 2.00 bits per heavy atom. The Hall–Kier alpha value is -1.55. The average Bonchev–Trinajstić information content (AvgIpc) is 2.51. The first-order valence-corrected chi connectivity index (χ1v) is 8.71. The number of ether oxygens (including phenoxy) is 1. The fourth-order valence-corrected chi connectivity index (χ4v) is 3.92. The van der Waals surface area contributed by atoms with Gasteiger partial charge in [0, 0.05) is 22.8 Å². The van der Waals surface area contributed by atoms with E-state index in [0.29, 0.717) is 29.7 Å². The highest BCUT2D eigenvalue weighted by atomic mass is 35.5. The zero-order chi connectivity index (χ0) is 16.2. The highest BCUT2D eigenvalue weighted by Gasteiger charge is 2.41. The van der Waals surface area contributed by atoms with Crippen LogP contribution in [0, 0.1) is 17.8 Å². The Morgan fingerprint density at radius 3 is 2.70 bits per heavy atom. The molecule has 2 aliphatic carbocycles. The Morgan fingerprint density at radius 1 is 1.26 bits per heavy atom. The van der Waals surface area contributed by atoms with E-state index in [0.717, 1.165) is 32.1 Å². The summed E-state index contributed by atoms with van der Waals surface area (Å²) in [5.41, 5.74) is 0. The van der Waals surface area contributed by atoms with E-state index >= 15 is 0 Å². The van der Waals surface area contributed by atoms with Gasteiger partial charge in [0.05, 0.1) is 6.54 Å². The molecule has 2 atom stereocenters. The molecule has 2 bridgehead atoms. The van der Waals surface area contributed by atoms with Crippen LogP contribution in [0.2, 0.25) is 5.02 Å². The predicted octanol–water partition coefficient (Wildman–Crippen LogP) is 3.23. The van der Waals surface area contributed by atoms with Crippen LogP contribution in [0.25, 0.3) is 0 Å². The van der Waals surface area contributed by atoms with Crippen molar-refractivity contribution in [3.8, 4) is 5.75 Å². The van der Waals surface area contributed by atoms with Crippen LogP contribution >= 0.6 is 11.6 Å². The van der Waals surface area contributed by atoms with Crippen molar-refractivity contribution >= 4 is 23.3 Å². The van der Waals surface area contributed by atoms with Gasteiger partial charge in [-0.3, -0.25) is 9.59 Å². The highest BCUT2D eigenvalue weighted by Crippen LogP contribution is 2.40.